The number of fused-ring (bicyclic) bond motifs is 7. The molecule has 0 saturated heterocycles. The molecule has 0 fully saturated rings. The van der Waals surface area contributed by atoms with Crippen LogP contribution in [0, 0.1) is 0 Å². The minimum absolute atomic E-state index is 0.568. The molecule has 3 heterocycles. The Morgan fingerprint density at radius 2 is 0.821 bits per heavy atom. The number of nitrogens with zero attached hydrogens (tertiary/aromatic N) is 5. The van der Waals surface area contributed by atoms with Crippen molar-refractivity contribution in [2.45, 2.75) is 0 Å². The van der Waals surface area contributed by atoms with Crippen LogP contribution in [0.15, 0.2) is 200 Å². The van der Waals surface area contributed by atoms with E-state index in [1.807, 2.05) is 24.3 Å². The number of rotatable bonds is 6. The maximum absolute atomic E-state index is 5.29. The largest absolute Gasteiger partial charge is 0.309 e. The van der Waals surface area contributed by atoms with Gasteiger partial charge in [0.05, 0.1) is 22.1 Å². The molecule has 0 N–H and O–H groups in total. The molecule has 5 nitrogen and oxygen atoms in total. The Labute approximate surface area is 323 Å². The SMILES string of the molecule is c1ccc(-c2cccc(-c3nc(-c4ccccc4)nc(-n4c5ccccc5c5c4ccc4c6ccccc6n(-c6cccc(-c7ccccc7)c6)c45)n3)c2)cc1. The first kappa shape index (κ1) is 31.9. The third-order valence-corrected chi connectivity index (χ3v) is 10.8. The number of hydrogen-bond donors (Lipinski definition) is 0. The molecule has 0 saturated carbocycles. The van der Waals surface area contributed by atoms with E-state index >= 15 is 0 Å². The van der Waals surface area contributed by atoms with Crippen molar-refractivity contribution in [2.24, 2.45) is 0 Å². The van der Waals surface area contributed by atoms with Crippen molar-refractivity contribution in [3.63, 3.8) is 0 Å². The molecule has 0 amide bonds. The molecule has 0 radical (unpaired) electrons. The van der Waals surface area contributed by atoms with Crippen LogP contribution in [-0.2, 0) is 0 Å². The Balaban J connectivity index is 1.20. The predicted molar refractivity (Wildman–Crippen MR) is 230 cm³/mol. The summed E-state index contributed by atoms with van der Waals surface area (Å²) in [6, 6.07) is 70.3. The highest BCUT2D eigenvalue weighted by molar-refractivity contribution is 6.26. The summed E-state index contributed by atoms with van der Waals surface area (Å²) >= 11 is 0. The highest BCUT2D eigenvalue weighted by atomic mass is 15.2. The summed E-state index contributed by atoms with van der Waals surface area (Å²) in [7, 11) is 0. The summed E-state index contributed by atoms with van der Waals surface area (Å²) in [5.74, 6) is 1.80. The molecule has 0 aliphatic heterocycles. The van der Waals surface area contributed by atoms with Gasteiger partial charge in [-0.3, -0.25) is 4.57 Å². The zero-order valence-electron chi connectivity index (χ0n) is 30.3. The predicted octanol–water partition coefficient (Wildman–Crippen LogP) is 12.7. The summed E-state index contributed by atoms with van der Waals surface area (Å²) in [6.07, 6.45) is 0. The Morgan fingerprint density at radius 3 is 1.52 bits per heavy atom. The molecule has 262 valence electrons. The number of aromatic nitrogens is 5. The first-order chi connectivity index (χ1) is 27.8. The van der Waals surface area contributed by atoms with Gasteiger partial charge in [0, 0.05) is 38.4 Å². The number of benzene rings is 8. The maximum Gasteiger partial charge on any atom is 0.238 e. The van der Waals surface area contributed by atoms with Crippen LogP contribution in [0.2, 0.25) is 0 Å². The van der Waals surface area contributed by atoms with Crippen LogP contribution in [0.4, 0.5) is 0 Å². The minimum Gasteiger partial charge on any atom is -0.309 e. The second-order valence-corrected chi connectivity index (χ2v) is 14.1. The summed E-state index contributed by atoms with van der Waals surface area (Å²) in [6.45, 7) is 0. The van der Waals surface area contributed by atoms with E-state index < -0.39 is 0 Å². The Kier molecular flexibility index (Phi) is 7.42. The van der Waals surface area contributed by atoms with Gasteiger partial charge in [-0.15, -0.1) is 0 Å². The van der Waals surface area contributed by atoms with Crippen LogP contribution in [0.3, 0.4) is 0 Å². The highest BCUT2D eigenvalue weighted by Crippen LogP contribution is 2.42. The summed E-state index contributed by atoms with van der Waals surface area (Å²) < 4.78 is 4.64. The van der Waals surface area contributed by atoms with Crippen LogP contribution in [0.1, 0.15) is 0 Å². The molecule has 11 rings (SSSR count). The van der Waals surface area contributed by atoms with Crippen molar-refractivity contribution < 1.29 is 0 Å². The summed E-state index contributed by atoms with van der Waals surface area (Å²) in [5, 5.41) is 4.68. The second kappa shape index (κ2) is 13.0. The zero-order valence-corrected chi connectivity index (χ0v) is 30.3. The fraction of sp³-hybridized carbons (Fsp3) is 0. The molecular weight excluding hydrogens is 683 g/mol. The minimum atomic E-state index is 0.568. The molecule has 8 aromatic carbocycles. The molecule has 0 atom stereocenters. The van der Waals surface area contributed by atoms with Gasteiger partial charge in [0.25, 0.3) is 0 Å². The highest BCUT2D eigenvalue weighted by Gasteiger charge is 2.23. The van der Waals surface area contributed by atoms with Crippen LogP contribution >= 0.6 is 0 Å². The van der Waals surface area contributed by atoms with Crippen LogP contribution in [0.25, 0.3) is 100 Å². The number of hydrogen-bond acceptors (Lipinski definition) is 3. The maximum atomic E-state index is 5.29. The van der Waals surface area contributed by atoms with E-state index in [-0.39, 0.29) is 0 Å². The fourth-order valence-corrected chi connectivity index (χ4v) is 8.23. The van der Waals surface area contributed by atoms with E-state index in [4.69, 9.17) is 15.0 Å². The van der Waals surface area contributed by atoms with Gasteiger partial charge in [-0.05, 0) is 58.7 Å². The molecule has 0 aliphatic carbocycles. The van der Waals surface area contributed by atoms with Crippen molar-refractivity contribution in [1.29, 1.82) is 0 Å². The van der Waals surface area contributed by atoms with E-state index in [2.05, 4.69) is 185 Å². The van der Waals surface area contributed by atoms with Crippen LogP contribution in [-0.4, -0.2) is 24.1 Å². The van der Waals surface area contributed by atoms with E-state index in [0.29, 0.717) is 17.6 Å². The molecule has 0 spiro atoms. The quantitative estimate of drug-likeness (QED) is 0.172. The average molecular weight is 716 g/mol. The molecule has 0 unspecified atom stereocenters. The van der Waals surface area contributed by atoms with Crippen molar-refractivity contribution in [3.8, 4) is 56.7 Å². The van der Waals surface area contributed by atoms with Gasteiger partial charge in [-0.1, -0.05) is 164 Å². The van der Waals surface area contributed by atoms with E-state index in [0.717, 1.165) is 60.8 Å². The third-order valence-electron chi connectivity index (χ3n) is 10.8. The first-order valence-electron chi connectivity index (χ1n) is 18.9. The van der Waals surface area contributed by atoms with Crippen molar-refractivity contribution >= 4 is 43.6 Å². The molecule has 3 aromatic heterocycles. The first-order valence-corrected chi connectivity index (χ1v) is 18.9. The van der Waals surface area contributed by atoms with Gasteiger partial charge in [0.1, 0.15) is 0 Å². The molecule has 0 aliphatic rings. The monoisotopic (exact) mass is 715 g/mol. The lowest BCUT2D eigenvalue weighted by molar-refractivity contribution is 0.953. The second-order valence-electron chi connectivity index (χ2n) is 14.1. The lowest BCUT2D eigenvalue weighted by Crippen LogP contribution is -2.06. The smallest absolute Gasteiger partial charge is 0.238 e. The fourth-order valence-electron chi connectivity index (χ4n) is 8.23. The lowest BCUT2D eigenvalue weighted by Gasteiger charge is -2.12. The Morgan fingerprint density at radius 1 is 0.304 bits per heavy atom. The van der Waals surface area contributed by atoms with Crippen molar-refractivity contribution in [2.75, 3.05) is 0 Å². The molecule has 11 aromatic rings. The Bertz CT molecular complexity index is 3240. The van der Waals surface area contributed by atoms with Gasteiger partial charge in [-0.25, -0.2) is 4.98 Å². The van der Waals surface area contributed by atoms with Gasteiger partial charge < -0.3 is 4.57 Å². The normalized spacial score (nSPS) is 11.6. The molecular formula is C51H33N5. The van der Waals surface area contributed by atoms with Gasteiger partial charge in [0.15, 0.2) is 11.6 Å². The molecule has 5 heteroatoms. The van der Waals surface area contributed by atoms with E-state index in [9.17, 15) is 0 Å². The Hall–Kier alpha value is -7.63. The van der Waals surface area contributed by atoms with Crippen molar-refractivity contribution in [1.82, 2.24) is 24.1 Å². The third kappa shape index (κ3) is 5.21. The van der Waals surface area contributed by atoms with Gasteiger partial charge >= 0.3 is 0 Å². The summed E-state index contributed by atoms with van der Waals surface area (Å²) in [4.78, 5) is 15.6. The zero-order chi connectivity index (χ0) is 37.0. The van der Waals surface area contributed by atoms with Gasteiger partial charge in [0.2, 0.25) is 5.95 Å². The standard InChI is InChI=1S/C51H33N5/c1-4-16-34(17-5-1)37-22-14-24-39(32-37)50-52-49(36-20-8-3-9-21-36)53-51(54-50)56-45-29-13-11-27-43(45)47-46(56)31-30-42-41-26-10-12-28-44(41)55(48(42)47)40-25-15-23-38(33-40)35-18-6-2-7-19-35/h1-33H. The average Bonchev–Trinajstić information content (AvgIpc) is 3.80. The van der Waals surface area contributed by atoms with Crippen LogP contribution in [0.5, 0.6) is 0 Å². The van der Waals surface area contributed by atoms with Crippen molar-refractivity contribution in [3.05, 3.63) is 200 Å². The van der Waals surface area contributed by atoms with E-state index in [1.54, 1.807) is 0 Å². The van der Waals surface area contributed by atoms with E-state index in [1.165, 1.54) is 21.9 Å². The lowest BCUT2D eigenvalue weighted by atomic mass is 10.0. The summed E-state index contributed by atoms with van der Waals surface area (Å²) in [5.41, 5.74) is 11.9. The number of para-hydroxylation sites is 2. The van der Waals surface area contributed by atoms with Gasteiger partial charge in [-0.2, -0.15) is 9.97 Å². The molecule has 0 bridgehead atoms. The topological polar surface area (TPSA) is 48.5 Å². The van der Waals surface area contributed by atoms with Crippen LogP contribution < -0.4 is 0 Å². The molecule has 56 heavy (non-hydrogen) atoms.